The number of likely N-dealkylation sites (tertiary alicyclic amines) is 1. The molecule has 0 unspecified atom stereocenters. The van der Waals surface area contributed by atoms with Crippen molar-refractivity contribution in [2.24, 2.45) is 7.05 Å². The van der Waals surface area contributed by atoms with E-state index in [1.807, 2.05) is 33.5 Å². The highest BCUT2D eigenvalue weighted by Crippen LogP contribution is 2.25. The molecule has 2 aromatic rings. The largest absolute Gasteiger partial charge is 0.375 e. The van der Waals surface area contributed by atoms with Crippen molar-refractivity contribution in [3.8, 4) is 0 Å². The number of rotatable bonds is 5. The van der Waals surface area contributed by atoms with Gasteiger partial charge < -0.3 is 14.2 Å². The van der Waals surface area contributed by atoms with E-state index >= 15 is 0 Å². The van der Waals surface area contributed by atoms with E-state index in [0.29, 0.717) is 13.1 Å². The molecular formula is C15H22N6O2. The molecule has 1 aliphatic rings. The Labute approximate surface area is 135 Å². The van der Waals surface area contributed by atoms with E-state index in [0.717, 1.165) is 31.0 Å². The molecule has 23 heavy (non-hydrogen) atoms. The van der Waals surface area contributed by atoms with E-state index < -0.39 is 0 Å². The second-order valence-corrected chi connectivity index (χ2v) is 5.85. The van der Waals surface area contributed by atoms with Crippen molar-refractivity contribution in [3.05, 3.63) is 30.1 Å². The predicted octanol–water partition coefficient (Wildman–Crippen LogP) is 0.412. The lowest BCUT2D eigenvalue weighted by Crippen LogP contribution is -2.41. The van der Waals surface area contributed by atoms with Gasteiger partial charge in [0.1, 0.15) is 19.0 Å². The van der Waals surface area contributed by atoms with Crippen molar-refractivity contribution in [2.75, 3.05) is 26.8 Å². The number of ether oxygens (including phenoxy) is 1. The van der Waals surface area contributed by atoms with Crippen molar-refractivity contribution >= 4 is 5.91 Å². The van der Waals surface area contributed by atoms with Gasteiger partial charge in [0.05, 0.1) is 0 Å². The predicted molar refractivity (Wildman–Crippen MR) is 82.8 cm³/mol. The molecule has 2 aromatic heterocycles. The Morgan fingerprint density at radius 3 is 3.04 bits per heavy atom. The van der Waals surface area contributed by atoms with Gasteiger partial charge in [-0.1, -0.05) is 0 Å². The highest BCUT2D eigenvalue weighted by molar-refractivity contribution is 5.77. The lowest BCUT2D eigenvalue weighted by Gasteiger charge is -2.32. The van der Waals surface area contributed by atoms with E-state index in [-0.39, 0.29) is 18.4 Å². The Hall–Kier alpha value is -2.22. The van der Waals surface area contributed by atoms with Crippen molar-refractivity contribution in [2.45, 2.75) is 25.3 Å². The minimum atomic E-state index is 0.0381. The molecule has 0 aliphatic carbocycles. The van der Waals surface area contributed by atoms with E-state index in [1.165, 1.54) is 0 Å². The van der Waals surface area contributed by atoms with Gasteiger partial charge in [0.2, 0.25) is 5.91 Å². The Morgan fingerprint density at radius 2 is 2.30 bits per heavy atom. The van der Waals surface area contributed by atoms with Crippen LogP contribution in [-0.2, 0) is 23.1 Å². The van der Waals surface area contributed by atoms with Gasteiger partial charge in [-0.2, -0.15) is 5.10 Å². The third kappa shape index (κ3) is 3.42. The molecular weight excluding hydrogens is 296 g/mol. The first-order valence-corrected chi connectivity index (χ1v) is 7.81. The molecule has 3 heterocycles. The molecule has 1 amide bonds. The quantitative estimate of drug-likeness (QED) is 0.798. The Bertz CT molecular complexity index is 651. The Balaban J connectivity index is 1.71. The van der Waals surface area contributed by atoms with Gasteiger partial charge in [0.15, 0.2) is 5.82 Å². The molecule has 0 saturated carbocycles. The fraction of sp³-hybridized carbons (Fsp3) is 0.600. The molecule has 1 fully saturated rings. The van der Waals surface area contributed by atoms with Crippen molar-refractivity contribution in [3.63, 3.8) is 0 Å². The number of hydrogen-bond donors (Lipinski definition) is 0. The van der Waals surface area contributed by atoms with E-state index in [9.17, 15) is 4.79 Å². The van der Waals surface area contributed by atoms with Crippen LogP contribution in [-0.4, -0.2) is 62.2 Å². The van der Waals surface area contributed by atoms with Crippen LogP contribution >= 0.6 is 0 Å². The summed E-state index contributed by atoms with van der Waals surface area (Å²) in [6.07, 6.45) is 5.64. The summed E-state index contributed by atoms with van der Waals surface area (Å²) in [4.78, 5) is 13.9. The smallest absolute Gasteiger partial charge is 0.248 e. The summed E-state index contributed by atoms with van der Waals surface area (Å²) < 4.78 is 8.80. The van der Waals surface area contributed by atoms with Crippen LogP contribution in [0.4, 0.5) is 0 Å². The number of amides is 1. The summed E-state index contributed by atoms with van der Waals surface area (Å²) in [7, 11) is 3.52. The van der Waals surface area contributed by atoms with E-state index in [1.54, 1.807) is 13.3 Å². The summed E-state index contributed by atoms with van der Waals surface area (Å²) in [6, 6.07) is 1.89. The second-order valence-electron chi connectivity index (χ2n) is 5.85. The number of carbonyl (C=O) groups excluding carboxylic acids is 1. The first-order chi connectivity index (χ1) is 11.2. The highest BCUT2D eigenvalue weighted by Gasteiger charge is 2.28. The van der Waals surface area contributed by atoms with Crippen LogP contribution in [0.15, 0.2) is 18.5 Å². The van der Waals surface area contributed by atoms with Crippen LogP contribution in [0, 0.1) is 0 Å². The minimum Gasteiger partial charge on any atom is -0.375 e. The number of piperidine rings is 1. The summed E-state index contributed by atoms with van der Waals surface area (Å²) >= 11 is 0. The van der Waals surface area contributed by atoms with E-state index in [2.05, 4.69) is 15.3 Å². The van der Waals surface area contributed by atoms with Crippen LogP contribution < -0.4 is 0 Å². The van der Waals surface area contributed by atoms with Crippen molar-refractivity contribution < 1.29 is 9.53 Å². The SMILES string of the molecule is COCC(=O)N1CCC[C@@H](c2nnc(Cn3cccn3)n2C)C1. The third-order valence-electron chi connectivity index (χ3n) is 4.27. The summed E-state index contributed by atoms with van der Waals surface area (Å²) in [5.74, 6) is 2.05. The normalized spacial score (nSPS) is 18.3. The topological polar surface area (TPSA) is 78.1 Å². The zero-order valence-electron chi connectivity index (χ0n) is 13.6. The summed E-state index contributed by atoms with van der Waals surface area (Å²) in [5, 5.41) is 12.9. The lowest BCUT2D eigenvalue weighted by atomic mass is 9.97. The average molecular weight is 318 g/mol. The molecule has 8 nitrogen and oxygen atoms in total. The molecule has 0 radical (unpaired) electrons. The second kappa shape index (κ2) is 6.91. The molecule has 3 rings (SSSR count). The number of hydrogen-bond acceptors (Lipinski definition) is 5. The standard InChI is InChI=1S/C15H22N6O2/c1-19-13(10-21-8-4-6-16-21)17-18-15(19)12-5-3-7-20(9-12)14(22)11-23-2/h4,6,8,12H,3,5,7,9-11H2,1-2H3/t12-/m1/s1. The average Bonchev–Trinajstić information content (AvgIpc) is 3.19. The maximum atomic E-state index is 12.0. The van der Waals surface area contributed by atoms with Gasteiger partial charge in [-0.3, -0.25) is 9.48 Å². The van der Waals surface area contributed by atoms with Gasteiger partial charge in [-0.25, -0.2) is 0 Å². The minimum absolute atomic E-state index is 0.0381. The molecule has 8 heteroatoms. The zero-order chi connectivity index (χ0) is 16.2. The molecule has 1 saturated heterocycles. The van der Waals surface area contributed by atoms with E-state index in [4.69, 9.17) is 4.74 Å². The molecule has 0 N–H and O–H groups in total. The van der Waals surface area contributed by atoms with Gasteiger partial charge in [0, 0.05) is 45.6 Å². The fourth-order valence-electron chi connectivity index (χ4n) is 3.04. The van der Waals surface area contributed by atoms with Gasteiger partial charge >= 0.3 is 0 Å². The number of nitrogens with zero attached hydrogens (tertiary/aromatic N) is 6. The number of aromatic nitrogens is 5. The molecule has 0 spiro atoms. The van der Waals surface area contributed by atoms with Crippen LogP contribution in [0.3, 0.4) is 0 Å². The van der Waals surface area contributed by atoms with Crippen LogP contribution in [0.1, 0.15) is 30.4 Å². The Kier molecular flexibility index (Phi) is 4.71. The number of carbonyl (C=O) groups is 1. The summed E-state index contributed by atoms with van der Waals surface area (Å²) in [5.41, 5.74) is 0. The van der Waals surface area contributed by atoms with Gasteiger partial charge in [0.25, 0.3) is 0 Å². The maximum Gasteiger partial charge on any atom is 0.248 e. The molecule has 1 aliphatic heterocycles. The first-order valence-electron chi connectivity index (χ1n) is 7.81. The summed E-state index contributed by atoms with van der Waals surface area (Å²) in [6.45, 7) is 2.19. The van der Waals surface area contributed by atoms with Gasteiger partial charge in [-0.15, -0.1) is 10.2 Å². The first kappa shape index (κ1) is 15.7. The van der Waals surface area contributed by atoms with Crippen LogP contribution in [0.2, 0.25) is 0 Å². The molecule has 1 atom stereocenters. The number of methoxy groups -OCH3 is 1. The zero-order valence-corrected chi connectivity index (χ0v) is 13.6. The van der Waals surface area contributed by atoms with Gasteiger partial charge in [-0.05, 0) is 18.9 Å². The van der Waals surface area contributed by atoms with Crippen molar-refractivity contribution in [1.82, 2.24) is 29.4 Å². The molecule has 0 aromatic carbocycles. The third-order valence-corrected chi connectivity index (χ3v) is 4.27. The maximum absolute atomic E-state index is 12.0. The van der Waals surface area contributed by atoms with Crippen molar-refractivity contribution in [1.29, 1.82) is 0 Å². The lowest BCUT2D eigenvalue weighted by molar-refractivity contribution is -0.136. The fourth-order valence-corrected chi connectivity index (χ4v) is 3.04. The molecule has 124 valence electrons. The molecule has 0 bridgehead atoms. The highest BCUT2D eigenvalue weighted by atomic mass is 16.5. The Morgan fingerprint density at radius 1 is 1.43 bits per heavy atom. The van der Waals surface area contributed by atoms with Crippen LogP contribution in [0.25, 0.3) is 0 Å². The van der Waals surface area contributed by atoms with Crippen LogP contribution in [0.5, 0.6) is 0 Å². The monoisotopic (exact) mass is 318 g/mol.